The van der Waals surface area contributed by atoms with Crippen LogP contribution in [0.25, 0.3) is 0 Å². The molecule has 0 bridgehead atoms. The van der Waals surface area contributed by atoms with E-state index >= 15 is 0 Å². The maximum atomic E-state index is 12.1. The number of amides is 3. The number of nitro benzene ring substituents is 1. The molecule has 1 aliphatic rings. The third-order valence-electron chi connectivity index (χ3n) is 4.67. The second-order valence-electron chi connectivity index (χ2n) is 7.02. The van der Waals surface area contributed by atoms with Gasteiger partial charge in [0.25, 0.3) is 33.5 Å². The van der Waals surface area contributed by atoms with Gasteiger partial charge in [0.05, 0.1) is 23.5 Å². The summed E-state index contributed by atoms with van der Waals surface area (Å²) in [6.45, 7) is -0.378. The van der Waals surface area contributed by atoms with E-state index in [2.05, 4.69) is 10.2 Å². The predicted octanol–water partition coefficient (Wildman–Crippen LogP) is -0.798. The number of benzene rings is 1. The number of carbonyl (C=O) groups excluding carboxylic acids is 4. The van der Waals surface area contributed by atoms with Gasteiger partial charge in [0, 0.05) is 24.6 Å². The van der Waals surface area contributed by atoms with Crippen LogP contribution < -0.4 is 5.32 Å². The van der Waals surface area contributed by atoms with E-state index in [4.69, 9.17) is 4.55 Å². The Bertz CT molecular complexity index is 1080. The Morgan fingerprint density at radius 3 is 2.47 bits per heavy atom. The molecule has 34 heavy (non-hydrogen) atoms. The normalized spacial score (nSPS) is 15.6. The predicted molar refractivity (Wildman–Crippen MR) is 115 cm³/mol. The van der Waals surface area contributed by atoms with Gasteiger partial charge >= 0.3 is 35.5 Å². The van der Waals surface area contributed by atoms with Gasteiger partial charge in [-0.3, -0.25) is 29.1 Å². The molecular weight excluding hydrogens is 489 g/mol. The molecule has 1 aromatic rings. The summed E-state index contributed by atoms with van der Waals surface area (Å²) in [5.41, 5.74) is -0.160. The number of hydrogen-bond acceptors (Lipinski definition) is 10. The SMILES string of the molecule is O=C(CCCCCNC(=O)c1ccc([N+](=O)[O-])c(CO)c1)ON1C(=O)CC(S(=O)(=O)O)C1=O.[NaH]. The summed E-state index contributed by atoms with van der Waals surface area (Å²) in [5.74, 6) is -3.85. The molecule has 1 aromatic carbocycles. The number of carbonyl (C=O) groups is 4. The molecule has 0 radical (unpaired) electrons. The fourth-order valence-electron chi connectivity index (χ4n) is 2.97. The summed E-state index contributed by atoms with van der Waals surface area (Å²) in [7, 11) is -4.80. The molecule has 16 heteroatoms. The molecule has 3 N–H and O–H groups in total. The van der Waals surface area contributed by atoms with Gasteiger partial charge in [-0.05, 0) is 25.0 Å². The van der Waals surface area contributed by atoms with Crippen LogP contribution >= 0.6 is 0 Å². The van der Waals surface area contributed by atoms with Crippen molar-refractivity contribution in [2.24, 2.45) is 0 Å². The van der Waals surface area contributed by atoms with Crippen LogP contribution in [0.2, 0.25) is 0 Å². The number of hydroxylamine groups is 2. The summed E-state index contributed by atoms with van der Waals surface area (Å²) >= 11 is 0. The van der Waals surface area contributed by atoms with Crippen molar-refractivity contribution in [1.82, 2.24) is 10.4 Å². The Labute approximate surface area is 215 Å². The summed E-state index contributed by atoms with van der Waals surface area (Å²) in [6.07, 6.45) is 0.167. The van der Waals surface area contributed by atoms with E-state index in [9.17, 15) is 42.8 Å². The minimum atomic E-state index is -4.80. The van der Waals surface area contributed by atoms with Gasteiger partial charge in [0.2, 0.25) is 0 Å². The molecular formula is C18H22N3NaO11S. The first-order chi connectivity index (χ1) is 15.5. The van der Waals surface area contributed by atoms with Crippen LogP contribution in [0.5, 0.6) is 0 Å². The van der Waals surface area contributed by atoms with E-state index in [0.717, 1.165) is 6.07 Å². The number of unbranched alkanes of at least 4 members (excludes halogenated alkanes) is 2. The minimum absolute atomic E-state index is 0. The third kappa shape index (κ3) is 7.82. The van der Waals surface area contributed by atoms with Gasteiger partial charge in [-0.25, -0.2) is 4.79 Å². The summed E-state index contributed by atoms with van der Waals surface area (Å²) in [5, 5.41) is 20.7. The Morgan fingerprint density at radius 1 is 1.24 bits per heavy atom. The van der Waals surface area contributed by atoms with Crippen LogP contribution in [-0.4, -0.2) is 93.1 Å². The average Bonchev–Trinajstić information content (AvgIpc) is 3.03. The van der Waals surface area contributed by atoms with Crippen molar-refractivity contribution in [3.8, 4) is 0 Å². The van der Waals surface area contributed by atoms with Crippen LogP contribution in [0.15, 0.2) is 18.2 Å². The van der Waals surface area contributed by atoms with Crippen molar-refractivity contribution in [3.05, 3.63) is 39.4 Å². The maximum absolute atomic E-state index is 12.1. The Morgan fingerprint density at radius 2 is 1.91 bits per heavy atom. The summed E-state index contributed by atoms with van der Waals surface area (Å²) < 4.78 is 31.0. The third-order valence-corrected chi connectivity index (χ3v) is 5.75. The molecule has 1 unspecified atom stereocenters. The van der Waals surface area contributed by atoms with Gasteiger partial charge < -0.3 is 15.3 Å². The first-order valence-electron chi connectivity index (χ1n) is 9.66. The summed E-state index contributed by atoms with van der Waals surface area (Å²) in [6, 6.07) is 3.60. The Balaban J connectivity index is 0.00000578. The molecule has 14 nitrogen and oxygen atoms in total. The van der Waals surface area contributed by atoms with E-state index in [1.54, 1.807) is 0 Å². The molecule has 1 fully saturated rings. The quantitative estimate of drug-likeness (QED) is 0.0836. The van der Waals surface area contributed by atoms with E-state index in [1.807, 2.05) is 0 Å². The van der Waals surface area contributed by atoms with Crippen molar-refractivity contribution < 1.29 is 47.0 Å². The number of nitrogens with zero attached hydrogens (tertiary/aromatic N) is 2. The molecule has 1 saturated heterocycles. The number of nitrogens with one attached hydrogen (secondary N) is 1. The topological polar surface area (TPSA) is 211 Å². The monoisotopic (exact) mass is 511 g/mol. The first kappa shape index (κ1) is 29.6. The van der Waals surface area contributed by atoms with E-state index in [1.165, 1.54) is 12.1 Å². The molecule has 0 saturated carbocycles. The molecule has 0 aliphatic carbocycles. The van der Waals surface area contributed by atoms with Crippen molar-refractivity contribution in [2.75, 3.05) is 6.54 Å². The zero-order chi connectivity index (χ0) is 24.8. The molecule has 2 rings (SSSR count). The zero-order valence-electron chi connectivity index (χ0n) is 17.1. The number of aliphatic hydroxyl groups excluding tert-OH is 1. The molecule has 3 amide bonds. The fourth-order valence-corrected chi connectivity index (χ4v) is 3.67. The number of hydrogen-bond donors (Lipinski definition) is 3. The van der Waals surface area contributed by atoms with E-state index < -0.39 is 57.0 Å². The second kappa shape index (κ2) is 12.9. The molecule has 0 spiro atoms. The van der Waals surface area contributed by atoms with E-state index in [0.29, 0.717) is 12.8 Å². The van der Waals surface area contributed by atoms with Gasteiger partial charge in [0.15, 0.2) is 5.25 Å². The van der Waals surface area contributed by atoms with Crippen LogP contribution in [0.4, 0.5) is 5.69 Å². The Hall–Kier alpha value is -2.43. The molecule has 0 aromatic heterocycles. The van der Waals surface area contributed by atoms with Crippen molar-refractivity contribution in [3.63, 3.8) is 0 Å². The second-order valence-corrected chi connectivity index (χ2v) is 8.62. The molecule has 182 valence electrons. The zero-order valence-corrected chi connectivity index (χ0v) is 17.9. The average molecular weight is 511 g/mol. The number of rotatable bonds is 11. The van der Waals surface area contributed by atoms with Crippen LogP contribution in [-0.2, 0) is 35.9 Å². The fraction of sp³-hybridized carbons (Fsp3) is 0.444. The van der Waals surface area contributed by atoms with Gasteiger partial charge in [-0.2, -0.15) is 8.42 Å². The van der Waals surface area contributed by atoms with E-state index in [-0.39, 0.29) is 70.8 Å². The van der Waals surface area contributed by atoms with Crippen LogP contribution in [0.3, 0.4) is 0 Å². The standard InChI is InChI=1S/C18H21N3O11S.Na.H/c22-10-12-8-11(5-6-13(12)21(27)28)17(25)19-7-3-1-2-4-16(24)32-20-15(23)9-14(18(20)26)33(29,30)31;;/h5-6,8,14,22H,1-4,7,9-10H2,(H,19,25)(H,29,30,31);;. The Kier molecular flexibility index (Phi) is 11.2. The molecule has 1 aliphatic heterocycles. The van der Waals surface area contributed by atoms with Gasteiger partial charge in [0.1, 0.15) is 0 Å². The number of imide groups is 1. The van der Waals surface area contributed by atoms with Crippen molar-refractivity contribution in [2.45, 2.75) is 44.0 Å². The molecule has 1 atom stereocenters. The van der Waals surface area contributed by atoms with Gasteiger partial charge in [-0.1, -0.05) is 6.42 Å². The van der Waals surface area contributed by atoms with Crippen LogP contribution in [0, 0.1) is 10.1 Å². The van der Waals surface area contributed by atoms with Crippen LogP contribution in [0.1, 0.15) is 48.0 Å². The summed E-state index contributed by atoms with van der Waals surface area (Å²) in [4.78, 5) is 62.1. The number of aliphatic hydroxyl groups is 1. The van der Waals surface area contributed by atoms with Crippen molar-refractivity contribution >= 4 is 69.1 Å². The first-order valence-corrected chi connectivity index (χ1v) is 11.2. The number of nitro groups is 1. The van der Waals surface area contributed by atoms with Crippen molar-refractivity contribution in [1.29, 1.82) is 0 Å². The van der Waals surface area contributed by atoms with Gasteiger partial charge in [-0.15, -0.1) is 5.06 Å². The molecule has 1 heterocycles.